The third-order valence-corrected chi connectivity index (χ3v) is 5.58. The summed E-state index contributed by atoms with van der Waals surface area (Å²) in [4.78, 5) is 25.9. The molecule has 6 nitrogen and oxygen atoms in total. The summed E-state index contributed by atoms with van der Waals surface area (Å²) in [5, 5.41) is 0. The zero-order valence-corrected chi connectivity index (χ0v) is 12.1. The minimum atomic E-state index is -0.820. The summed E-state index contributed by atoms with van der Waals surface area (Å²) in [6, 6.07) is 0.158. The normalized spacial score (nSPS) is 55.0. The van der Waals surface area contributed by atoms with Crippen LogP contribution in [0.3, 0.4) is 0 Å². The number of carbonyl (C=O) groups is 1. The summed E-state index contributed by atoms with van der Waals surface area (Å²) in [6.45, 7) is 4.72. The minimum absolute atomic E-state index is 0.0811. The van der Waals surface area contributed by atoms with Crippen molar-refractivity contribution in [3.05, 3.63) is 0 Å². The first kappa shape index (κ1) is 13.0. The van der Waals surface area contributed by atoms with E-state index in [9.17, 15) is 4.79 Å². The number of nitrogens with zero attached hydrogens (tertiary/aromatic N) is 1. The largest absolute Gasteiger partial charge is 0.432 e. The number of esters is 1. The molecular weight excluding hydrogens is 262 g/mol. The van der Waals surface area contributed by atoms with Crippen molar-refractivity contribution in [2.45, 2.75) is 56.8 Å². The summed E-state index contributed by atoms with van der Waals surface area (Å²) in [5.41, 5.74) is -0.684. The van der Waals surface area contributed by atoms with Crippen molar-refractivity contribution in [2.24, 2.45) is 11.8 Å². The summed E-state index contributed by atoms with van der Waals surface area (Å²) in [6.07, 6.45) is 1.89. The van der Waals surface area contributed by atoms with Gasteiger partial charge in [0, 0.05) is 18.4 Å². The van der Waals surface area contributed by atoms with Gasteiger partial charge in [-0.1, -0.05) is 6.92 Å². The second kappa shape index (κ2) is 3.94. The molecule has 5 heterocycles. The second-order valence-corrected chi connectivity index (χ2v) is 6.76. The molecule has 2 bridgehead atoms. The fraction of sp³-hybridized carbons (Fsp3) is 0.929. The minimum Gasteiger partial charge on any atom is -0.432 e. The van der Waals surface area contributed by atoms with Crippen LogP contribution in [0.4, 0.5) is 0 Å². The summed E-state index contributed by atoms with van der Waals surface area (Å²) in [7, 11) is 2.10. The fourth-order valence-electron chi connectivity index (χ4n) is 4.38. The molecule has 20 heavy (non-hydrogen) atoms. The van der Waals surface area contributed by atoms with E-state index in [0.29, 0.717) is 0 Å². The topological polar surface area (TPSA) is 57.2 Å². The van der Waals surface area contributed by atoms with Gasteiger partial charge in [-0.25, -0.2) is 9.78 Å². The van der Waals surface area contributed by atoms with Gasteiger partial charge in [0.15, 0.2) is 5.60 Å². The molecule has 0 aromatic heterocycles. The Morgan fingerprint density at radius 2 is 2.10 bits per heavy atom. The van der Waals surface area contributed by atoms with Gasteiger partial charge in [-0.05, 0) is 33.4 Å². The van der Waals surface area contributed by atoms with Crippen molar-refractivity contribution < 1.29 is 24.0 Å². The molecule has 5 aliphatic rings. The molecule has 6 heteroatoms. The van der Waals surface area contributed by atoms with E-state index in [1.54, 1.807) is 0 Å². The van der Waals surface area contributed by atoms with E-state index in [4.69, 9.17) is 19.2 Å². The molecule has 1 spiro atoms. The molecule has 112 valence electrons. The average Bonchev–Trinajstić information content (AvgIpc) is 2.63. The standard InChI is InChI=1S/C14H21NO5/c1-8-9-5-7-15(3)10-4-6-13(2)18-12(17-11(8)16)14(9,10)20-19-13/h8-10,12H,4-7H2,1-3H3/t8-,9+,10-,12-,13+,14+/m1/s1. The number of likely N-dealkylation sites (N-methyl/N-ethyl adjacent to an activating group) is 1. The van der Waals surface area contributed by atoms with Crippen LogP contribution in [0.15, 0.2) is 0 Å². The average molecular weight is 283 g/mol. The molecule has 0 aromatic carbocycles. The Morgan fingerprint density at radius 3 is 2.90 bits per heavy atom. The molecule has 5 rings (SSSR count). The molecule has 0 aromatic rings. The first-order chi connectivity index (χ1) is 9.46. The van der Waals surface area contributed by atoms with E-state index >= 15 is 0 Å². The first-order valence-electron chi connectivity index (χ1n) is 7.42. The lowest BCUT2D eigenvalue weighted by molar-refractivity contribution is -0.557. The number of piperidine rings is 1. The van der Waals surface area contributed by atoms with Gasteiger partial charge in [0.25, 0.3) is 0 Å². The van der Waals surface area contributed by atoms with E-state index in [2.05, 4.69) is 11.9 Å². The Balaban J connectivity index is 1.84. The summed E-state index contributed by atoms with van der Waals surface area (Å²) < 4.78 is 11.5. The monoisotopic (exact) mass is 283 g/mol. The van der Waals surface area contributed by atoms with Crippen molar-refractivity contribution in [1.82, 2.24) is 4.90 Å². The highest BCUT2D eigenvalue weighted by Gasteiger charge is 2.70. The number of ether oxygens (including phenoxy) is 2. The first-order valence-corrected chi connectivity index (χ1v) is 7.42. The molecule has 5 saturated heterocycles. The molecular formula is C14H21NO5. The number of hydrogen-bond acceptors (Lipinski definition) is 6. The van der Waals surface area contributed by atoms with Crippen LogP contribution in [0.25, 0.3) is 0 Å². The predicted molar refractivity (Wildman–Crippen MR) is 67.2 cm³/mol. The maximum Gasteiger partial charge on any atom is 0.311 e. The molecule has 5 aliphatic heterocycles. The number of hydrogen-bond donors (Lipinski definition) is 0. The van der Waals surface area contributed by atoms with E-state index in [0.717, 1.165) is 25.8 Å². The highest BCUT2D eigenvalue weighted by atomic mass is 17.3. The van der Waals surface area contributed by atoms with Gasteiger partial charge in [0.1, 0.15) is 0 Å². The van der Waals surface area contributed by atoms with Gasteiger partial charge >= 0.3 is 5.97 Å². The number of carbonyl (C=O) groups excluding carboxylic acids is 1. The molecule has 6 atom stereocenters. The SMILES string of the molecule is C[C@H]1C(=O)O[C@@H]2O[C@]3(C)CC[C@H]4N(C)CC[C@@H]1[C@@]24OO3. The Hall–Kier alpha value is -0.690. The Labute approximate surface area is 118 Å². The molecule has 0 N–H and O–H groups in total. The quantitative estimate of drug-likeness (QED) is 0.489. The Kier molecular flexibility index (Phi) is 2.56. The van der Waals surface area contributed by atoms with Crippen molar-refractivity contribution in [3.8, 4) is 0 Å². The number of rotatable bonds is 0. The summed E-state index contributed by atoms with van der Waals surface area (Å²) in [5.74, 6) is -1.11. The second-order valence-electron chi connectivity index (χ2n) is 6.76. The van der Waals surface area contributed by atoms with E-state index in [-0.39, 0.29) is 23.8 Å². The van der Waals surface area contributed by atoms with Crippen molar-refractivity contribution >= 4 is 5.97 Å². The van der Waals surface area contributed by atoms with E-state index in [1.807, 2.05) is 13.8 Å². The Bertz CT molecular complexity index is 457. The molecule has 0 aliphatic carbocycles. The predicted octanol–water partition coefficient (Wildman–Crippen LogP) is 1.05. The smallest absolute Gasteiger partial charge is 0.311 e. The highest BCUT2D eigenvalue weighted by Crippen LogP contribution is 2.55. The highest BCUT2D eigenvalue weighted by molar-refractivity contribution is 5.74. The van der Waals surface area contributed by atoms with Crippen LogP contribution in [0.2, 0.25) is 0 Å². The lowest BCUT2D eigenvalue weighted by Gasteiger charge is -2.58. The van der Waals surface area contributed by atoms with Gasteiger partial charge in [-0.3, -0.25) is 4.79 Å². The van der Waals surface area contributed by atoms with Gasteiger partial charge in [0.05, 0.1) is 5.92 Å². The molecule has 5 fully saturated rings. The fourth-order valence-corrected chi connectivity index (χ4v) is 4.38. The third-order valence-electron chi connectivity index (χ3n) is 5.58. The van der Waals surface area contributed by atoms with E-state index in [1.165, 1.54) is 0 Å². The molecule has 0 radical (unpaired) electrons. The van der Waals surface area contributed by atoms with Crippen LogP contribution in [0.1, 0.15) is 33.1 Å². The zero-order chi connectivity index (χ0) is 14.1. The molecule has 0 unspecified atom stereocenters. The molecule has 0 amide bonds. The number of fused-ring (bicyclic) bond motifs is 2. The van der Waals surface area contributed by atoms with Gasteiger partial charge < -0.3 is 14.4 Å². The van der Waals surface area contributed by atoms with Crippen LogP contribution in [0.5, 0.6) is 0 Å². The van der Waals surface area contributed by atoms with Crippen molar-refractivity contribution in [2.75, 3.05) is 13.6 Å². The third kappa shape index (κ3) is 1.45. The maximum absolute atomic E-state index is 12.1. The molecule has 0 saturated carbocycles. The lowest BCUT2D eigenvalue weighted by atomic mass is 9.67. The zero-order valence-electron chi connectivity index (χ0n) is 12.1. The Morgan fingerprint density at radius 1 is 1.30 bits per heavy atom. The van der Waals surface area contributed by atoms with Crippen molar-refractivity contribution in [1.29, 1.82) is 0 Å². The maximum atomic E-state index is 12.1. The summed E-state index contributed by atoms with van der Waals surface area (Å²) >= 11 is 0. The van der Waals surface area contributed by atoms with Crippen LogP contribution in [0, 0.1) is 11.8 Å². The van der Waals surface area contributed by atoms with E-state index < -0.39 is 17.7 Å². The lowest BCUT2D eigenvalue weighted by Crippen LogP contribution is -2.73. The van der Waals surface area contributed by atoms with Crippen molar-refractivity contribution in [3.63, 3.8) is 0 Å². The van der Waals surface area contributed by atoms with Gasteiger partial charge in [0.2, 0.25) is 12.1 Å². The van der Waals surface area contributed by atoms with Gasteiger partial charge in [-0.2, -0.15) is 0 Å². The van der Waals surface area contributed by atoms with Crippen LogP contribution >= 0.6 is 0 Å². The van der Waals surface area contributed by atoms with Crippen LogP contribution < -0.4 is 0 Å². The number of likely N-dealkylation sites (tertiary alicyclic amines) is 1. The van der Waals surface area contributed by atoms with Crippen LogP contribution in [-0.2, 0) is 24.0 Å². The van der Waals surface area contributed by atoms with Gasteiger partial charge in [-0.15, -0.1) is 0 Å². The van der Waals surface area contributed by atoms with Crippen LogP contribution in [-0.4, -0.2) is 48.2 Å².